The van der Waals surface area contributed by atoms with Crippen LogP contribution in [0.25, 0.3) is 6.08 Å². The number of nitrogens with zero attached hydrogens (tertiary/aromatic N) is 4. The van der Waals surface area contributed by atoms with E-state index >= 15 is 0 Å². The Kier molecular flexibility index (Phi) is 7.77. The average Bonchev–Trinajstić information content (AvgIpc) is 3.20. The van der Waals surface area contributed by atoms with Crippen LogP contribution in [0.2, 0.25) is 0 Å². The molecule has 1 amide bonds. The summed E-state index contributed by atoms with van der Waals surface area (Å²) in [5.74, 6) is -0.136. The van der Waals surface area contributed by atoms with Gasteiger partial charge in [0.1, 0.15) is 0 Å². The SMILES string of the molecule is CCN(CC)c1ccc(/C=C2\SC(=Nc3ccc(N=Nc4ccccc4C)cc3C)NC2=O)cc1. The molecule has 1 N–H and O–H groups in total. The van der Waals surface area contributed by atoms with Crippen molar-refractivity contribution < 1.29 is 4.79 Å². The molecule has 0 atom stereocenters. The summed E-state index contributed by atoms with van der Waals surface area (Å²) in [6.07, 6.45) is 1.90. The average molecular weight is 484 g/mol. The van der Waals surface area contributed by atoms with Crippen molar-refractivity contribution in [2.24, 2.45) is 15.2 Å². The molecule has 1 aliphatic rings. The molecule has 0 bridgehead atoms. The Hall–Kier alpha value is -3.71. The van der Waals surface area contributed by atoms with Gasteiger partial charge in [-0.2, -0.15) is 10.2 Å². The molecule has 0 radical (unpaired) electrons. The van der Waals surface area contributed by atoms with Crippen LogP contribution in [0.4, 0.5) is 22.7 Å². The molecule has 1 heterocycles. The number of hydrogen-bond donors (Lipinski definition) is 1. The topological polar surface area (TPSA) is 69.4 Å². The number of carbonyl (C=O) groups is 1. The summed E-state index contributed by atoms with van der Waals surface area (Å²) in [7, 11) is 0. The molecule has 7 heteroatoms. The number of rotatable bonds is 7. The fourth-order valence-electron chi connectivity index (χ4n) is 3.73. The van der Waals surface area contributed by atoms with Gasteiger partial charge in [-0.25, -0.2) is 4.99 Å². The summed E-state index contributed by atoms with van der Waals surface area (Å²) in [6.45, 7) is 10.2. The number of amides is 1. The van der Waals surface area contributed by atoms with Gasteiger partial charge in [0.2, 0.25) is 0 Å². The first kappa shape index (κ1) is 24.4. The maximum absolute atomic E-state index is 12.5. The molecule has 178 valence electrons. The number of carbonyl (C=O) groups excluding carboxylic acids is 1. The smallest absolute Gasteiger partial charge is 0.264 e. The van der Waals surface area contributed by atoms with E-state index in [0.29, 0.717) is 10.1 Å². The third-order valence-electron chi connectivity index (χ3n) is 5.76. The number of hydrogen-bond acceptors (Lipinski definition) is 6. The molecule has 0 spiro atoms. The summed E-state index contributed by atoms with van der Waals surface area (Å²) < 4.78 is 0. The lowest BCUT2D eigenvalue weighted by molar-refractivity contribution is -0.115. The Morgan fingerprint density at radius 2 is 1.63 bits per heavy atom. The van der Waals surface area contributed by atoms with Crippen molar-refractivity contribution in [3.8, 4) is 0 Å². The van der Waals surface area contributed by atoms with Crippen molar-refractivity contribution in [3.63, 3.8) is 0 Å². The van der Waals surface area contributed by atoms with Crippen molar-refractivity contribution in [1.82, 2.24) is 5.32 Å². The third kappa shape index (κ3) is 6.05. The summed E-state index contributed by atoms with van der Waals surface area (Å²) in [6, 6.07) is 21.9. The lowest BCUT2D eigenvalue weighted by atomic mass is 10.1. The van der Waals surface area contributed by atoms with Crippen LogP contribution in [0.3, 0.4) is 0 Å². The lowest BCUT2D eigenvalue weighted by Crippen LogP contribution is -2.21. The zero-order chi connectivity index (χ0) is 24.8. The molecule has 0 aromatic heterocycles. The number of azo groups is 1. The van der Waals surface area contributed by atoms with E-state index in [1.807, 2.05) is 74.5 Å². The number of anilines is 1. The van der Waals surface area contributed by atoms with Crippen LogP contribution in [-0.2, 0) is 4.79 Å². The Bertz CT molecular complexity index is 1310. The van der Waals surface area contributed by atoms with Gasteiger partial charge in [-0.05, 0) is 98.6 Å². The molecule has 1 fully saturated rings. The molecule has 3 aromatic carbocycles. The number of nitrogens with one attached hydrogen (secondary N) is 1. The van der Waals surface area contributed by atoms with Crippen LogP contribution in [0.15, 0.2) is 86.9 Å². The molecular formula is C28H29N5OS. The van der Waals surface area contributed by atoms with E-state index < -0.39 is 0 Å². The van der Waals surface area contributed by atoms with Gasteiger partial charge in [-0.15, -0.1) is 0 Å². The molecule has 4 rings (SSSR count). The molecule has 1 aliphatic heterocycles. The first-order valence-electron chi connectivity index (χ1n) is 11.7. The van der Waals surface area contributed by atoms with Crippen molar-refractivity contribution in [1.29, 1.82) is 0 Å². The van der Waals surface area contributed by atoms with E-state index in [-0.39, 0.29) is 5.91 Å². The Morgan fingerprint density at radius 1 is 0.886 bits per heavy atom. The predicted molar refractivity (Wildman–Crippen MR) is 147 cm³/mol. The molecule has 0 aliphatic carbocycles. The zero-order valence-corrected chi connectivity index (χ0v) is 21.3. The van der Waals surface area contributed by atoms with Gasteiger partial charge in [-0.1, -0.05) is 30.3 Å². The van der Waals surface area contributed by atoms with Crippen LogP contribution in [-0.4, -0.2) is 24.2 Å². The second kappa shape index (κ2) is 11.1. The van der Waals surface area contributed by atoms with E-state index in [2.05, 4.69) is 51.4 Å². The van der Waals surface area contributed by atoms with Gasteiger partial charge in [0.25, 0.3) is 5.91 Å². The molecular weight excluding hydrogens is 454 g/mol. The number of aliphatic imine (C=N–C) groups is 1. The minimum atomic E-state index is -0.136. The monoisotopic (exact) mass is 483 g/mol. The van der Waals surface area contributed by atoms with Crippen molar-refractivity contribution in [3.05, 3.63) is 88.3 Å². The Labute approximate surface area is 210 Å². The maximum atomic E-state index is 12.5. The highest BCUT2D eigenvalue weighted by Gasteiger charge is 2.24. The van der Waals surface area contributed by atoms with E-state index in [1.54, 1.807) is 0 Å². The predicted octanol–water partition coefficient (Wildman–Crippen LogP) is 7.46. The summed E-state index contributed by atoms with van der Waals surface area (Å²) in [5, 5.41) is 12.2. The van der Waals surface area contributed by atoms with Crippen LogP contribution in [0.1, 0.15) is 30.5 Å². The van der Waals surface area contributed by atoms with E-state index in [1.165, 1.54) is 17.4 Å². The lowest BCUT2D eigenvalue weighted by Gasteiger charge is -2.20. The van der Waals surface area contributed by atoms with Gasteiger partial charge in [0, 0.05) is 18.8 Å². The van der Waals surface area contributed by atoms with Crippen LogP contribution in [0, 0.1) is 13.8 Å². The van der Waals surface area contributed by atoms with E-state index in [0.717, 1.165) is 46.8 Å². The zero-order valence-electron chi connectivity index (χ0n) is 20.4. The number of aryl methyl sites for hydroxylation is 2. The number of amidine groups is 1. The fourth-order valence-corrected chi connectivity index (χ4v) is 4.56. The van der Waals surface area contributed by atoms with Crippen LogP contribution in [0.5, 0.6) is 0 Å². The Balaban J connectivity index is 1.47. The molecule has 6 nitrogen and oxygen atoms in total. The van der Waals surface area contributed by atoms with Crippen LogP contribution < -0.4 is 10.2 Å². The van der Waals surface area contributed by atoms with Gasteiger partial charge in [-0.3, -0.25) is 4.79 Å². The number of benzene rings is 3. The van der Waals surface area contributed by atoms with Gasteiger partial charge < -0.3 is 10.2 Å². The van der Waals surface area contributed by atoms with Crippen LogP contribution >= 0.6 is 11.8 Å². The highest BCUT2D eigenvalue weighted by molar-refractivity contribution is 8.18. The minimum Gasteiger partial charge on any atom is -0.372 e. The summed E-state index contributed by atoms with van der Waals surface area (Å²) in [5.41, 5.74) is 6.59. The first-order chi connectivity index (χ1) is 17.0. The molecule has 3 aromatic rings. The molecule has 0 saturated carbocycles. The largest absolute Gasteiger partial charge is 0.372 e. The van der Waals surface area contributed by atoms with Gasteiger partial charge in [0.05, 0.1) is 22.0 Å². The second-order valence-corrected chi connectivity index (χ2v) is 9.23. The van der Waals surface area contributed by atoms with E-state index in [9.17, 15) is 4.79 Å². The highest BCUT2D eigenvalue weighted by atomic mass is 32.2. The van der Waals surface area contributed by atoms with Crippen molar-refractivity contribution >= 4 is 51.7 Å². The molecule has 1 saturated heterocycles. The summed E-state index contributed by atoms with van der Waals surface area (Å²) in [4.78, 5) is 20.1. The van der Waals surface area contributed by atoms with Crippen molar-refractivity contribution in [2.75, 3.05) is 18.0 Å². The standard InChI is InChI=1S/C28H29N5OS/c1-5-33(6-2)23-14-11-21(12-15-23)18-26-27(34)30-28(35-26)29-24-16-13-22(17-20(24)4)31-32-25-10-8-7-9-19(25)3/h7-18H,5-6H2,1-4H3,(H,29,30,34)/b26-18-,32-31?. The summed E-state index contributed by atoms with van der Waals surface area (Å²) >= 11 is 1.35. The normalized spacial score (nSPS) is 15.8. The van der Waals surface area contributed by atoms with Gasteiger partial charge >= 0.3 is 0 Å². The maximum Gasteiger partial charge on any atom is 0.264 e. The second-order valence-electron chi connectivity index (χ2n) is 8.20. The quantitative estimate of drug-likeness (QED) is 0.280. The first-order valence-corrected chi connectivity index (χ1v) is 12.5. The Morgan fingerprint density at radius 3 is 2.31 bits per heavy atom. The third-order valence-corrected chi connectivity index (χ3v) is 6.67. The van der Waals surface area contributed by atoms with Gasteiger partial charge in [0.15, 0.2) is 5.17 Å². The highest BCUT2D eigenvalue weighted by Crippen LogP contribution is 2.31. The fraction of sp³-hybridized carbons (Fsp3) is 0.214. The van der Waals surface area contributed by atoms with E-state index in [4.69, 9.17) is 0 Å². The van der Waals surface area contributed by atoms with Crippen molar-refractivity contribution in [2.45, 2.75) is 27.7 Å². The number of thioether (sulfide) groups is 1. The molecule has 0 unspecified atom stereocenters. The molecule has 35 heavy (non-hydrogen) atoms. The minimum absolute atomic E-state index is 0.136.